The minimum absolute atomic E-state index is 0.0740. The maximum atomic E-state index is 6.10. The molecular formula is C12H21N3O. The molecule has 1 aliphatic rings. The van der Waals surface area contributed by atoms with E-state index in [4.69, 9.17) is 4.74 Å². The third-order valence-corrected chi connectivity index (χ3v) is 3.36. The highest BCUT2D eigenvalue weighted by molar-refractivity contribution is 5.14. The lowest BCUT2D eigenvalue weighted by Crippen LogP contribution is -2.45. The lowest BCUT2D eigenvalue weighted by atomic mass is 9.77. The third kappa shape index (κ3) is 2.38. The molecule has 0 unspecified atom stereocenters. The molecule has 4 heteroatoms. The Kier molecular flexibility index (Phi) is 3.49. The largest absolute Gasteiger partial charge is 0.484 e. The molecule has 1 saturated carbocycles. The summed E-state index contributed by atoms with van der Waals surface area (Å²) in [6.07, 6.45) is 8.52. The van der Waals surface area contributed by atoms with Crippen molar-refractivity contribution in [2.24, 2.45) is 0 Å². The van der Waals surface area contributed by atoms with E-state index in [1.807, 2.05) is 24.1 Å². The molecule has 0 amide bonds. The first-order valence-corrected chi connectivity index (χ1v) is 6.14. The minimum atomic E-state index is 0.0740. The van der Waals surface area contributed by atoms with Crippen LogP contribution in [0.2, 0.25) is 0 Å². The van der Waals surface area contributed by atoms with E-state index in [1.54, 1.807) is 0 Å². The maximum Gasteiger partial charge on any atom is 0.158 e. The van der Waals surface area contributed by atoms with Crippen molar-refractivity contribution in [1.29, 1.82) is 0 Å². The monoisotopic (exact) mass is 223 g/mol. The Hall–Kier alpha value is -1.03. The molecule has 4 nitrogen and oxygen atoms in total. The zero-order valence-corrected chi connectivity index (χ0v) is 10.2. The van der Waals surface area contributed by atoms with Gasteiger partial charge in [0.2, 0.25) is 0 Å². The molecule has 0 atom stereocenters. The summed E-state index contributed by atoms with van der Waals surface area (Å²) in [4.78, 5) is 0. The van der Waals surface area contributed by atoms with Gasteiger partial charge < -0.3 is 10.1 Å². The summed E-state index contributed by atoms with van der Waals surface area (Å²) in [6, 6.07) is 0. The van der Waals surface area contributed by atoms with E-state index in [-0.39, 0.29) is 5.60 Å². The first kappa shape index (κ1) is 11.5. The summed E-state index contributed by atoms with van der Waals surface area (Å²) < 4.78 is 8.00. The molecule has 1 aromatic rings. The summed E-state index contributed by atoms with van der Waals surface area (Å²) in [5, 5.41) is 7.43. The van der Waals surface area contributed by atoms with Gasteiger partial charge >= 0.3 is 0 Å². The van der Waals surface area contributed by atoms with Gasteiger partial charge in [0.15, 0.2) is 5.75 Å². The van der Waals surface area contributed by atoms with Crippen LogP contribution < -0.4 is 10.1 Å². The van der Waals surface area contributed by atoms with Crippen LogP contribution in [0, 0.1) is 0 Å². The van der Waals surface area contributed by atoms with Gasteiger partial charge in [-0.3, -0.25) is 4.68 Å². The van der Waals surface area contributed by atoms with E-state index in [0.29, 0.717) is 0 Å². The van der Waals surface area contributed by atoms with Crippen LogP contribution in [0.25, 0.3) is 0 Å². The smallest absolute Gasteiger partial charge is 0.158 e. The number of nitrogens with zero attached hydrogens (tertiary/aromatic N) is 2. The van der Waals surface area contributed by atoms with Gasteiger partial charge in [0, 0.05) is 6.54 Å². The quantitative estimate of drug-likeness (QED) is 0.799. The Morgan fingerprint density at radius 3 is 2.88 bits per heavy atom. The van der Waals surface area contributed by atoms with Crippen molar-refractivity contribution in [3.8, 4) is 5.75 Å². The molecule has 90 valence electrons. The molecule has 1 heterocycles. The van der Waals surface area contributed by atoms with Crippen molar-refractivity contribution in [2.75, 3.05) is 13.6 Å². The van der Waals surface area contributed by atoms with Gasteiger partial charge in [0.05, 0.1) is 12.4 Å². The standard InChI is InChI=1S/C12H21N3O/c1-3-15-10-11(9-14-15)16-12(5-4-6-12)7-8-13-2/h9-10,13H,3-8H2,1-2H3. The Bertz CT molecular complexity index is 331. The van der Waals surface area contributed by atoms with E-state index >= 15 is 0 Å². The average Bonchev–Trinajstić information content (AvgIpc) is 2.69. The molecule has 2 rings (SSSR count). The van der Waals surface area contributed by atoms with Crippen LogP contribution in [0.3, 0.4) is 0 Å². The molecule has 0 radical (unpaired) electrons. The zero-order chi connectivity index (χ0) is 11.4. The van der Waals surface area contributed by atoms with E-state index in [0.717, 1.165) is 25.3 Å². The predicted octanol–water partition coefficient (Wildman–Crippen LogP) is 1.81. The van der Waals surface area contributed by atoms with Crippen LogP contribution in [-0.4, -0.2) is 29.0 Å². The zero-order valence-electron chi connectivity index (χ0n) is 10.2. The van der Waals surface area contributed by atoms with E-state index < -0.39 is 0 Å². The lowest BCUT2D eigenvalue weighted by Gasteiger charge is -2.41. The molecule has 0 aliphatic heterocycles. The predicted molar refractivity (Wildman–Crippen MR) is 63.7 cm³/mol. The molecule has 1 aliphatic carbocycles. The highest BCUT2D eigenvalue weighted by atomic mass is 16.5. The number of ether oxygens (including phenoxy) is 1. The van der Waals surface area contributed by atoms with Crippen molar-refractivity contribution >= 4 is 0 Å². The molecule has 1 aromatic heterocycles. The Balaban J connectivity index is 1.95. The van der Waals surface area contributed by atoms with Gasteiger partial charge in [0.25, 0.3) is 0 Å². The summed E-state index contributed by atoms with van der Waals surface area (Å²) in [5.74, 6) is 0.914. The van der Waals surface area contributed by atoms with E-state index in [1.165, 1.54) is 19.3 Å². The van der Waals surface area contributed by atoms with Crippen LogP contribution in [0.1, 0.15) is 32.6 Å². The number of hydrogen-bond acceptors (Lipinski definition) is 3. The molecular weight excluding hydrogens is 202 g/mol. The average molecular weight is 223 g/mol. The summed E-state index contributed by atoms with van der Waals surface area (Å²) in [7, 11) is 1.99. The van der Waals surface area contributed by atoms with Crippen molar-refractivity contribution < 1.29 is 4.74 Å². The van der Waals surface area contributed by atoms with Gasteiger partial charge in [-0.15, -0.1) is 0 Å². The van der Waals surface area contributed by atoms with Gasteiger partial charge in [0.1, 0.15) is 5.60 Å². The highest BCUT2D eigenvalue weighted by Gasteiger charge is 2.38. The summed E-state index contributed by atoms with van der Waals surface area (Å²) >= 11 is 0. The van der Waals surface area contributed by atoms with Gasteiger partial charge in [-0.25, -0.2) is 0 Å². The number of nitrogens with one attached hydrogen (secondary N) is 1. The number of aryl methyl sites for hydroxylation is 1. The summed E-state index contributed by atoms with van der Waals surface area (Å²) in [6.45, 7) is 3.99. The molecule has 16 heavy (non-hydrogen) atoms. The second kappa shape index (κ2) is 4.87. The molecule has 1 N–H and O–H groups in total. The Labute approximate surface area is 97.0 Å². The van der Waals surface area contributed by atoms with Crippen LogP contribution in [0.5, 0.6) is 5.75 Å². The fourth-order valence-corrected chi connectivity index (χ4v) is 2.15. The highest BCUT2D eigenvalue weighted by Crippen LogP contribution is 2.39. The third-order valence-electron chi connectivity index (χ3n) is 3.36. The second-order valence-corrected chi connectivity index (χ2v) is 4.52. The van der Waals surface area contributed by atoms with E-state index in [9.17, 15) is 0 Å². The molecule has 0 aromatic carbocycles. The first-order chi connectivity index (χ1) is 7.78. The number of aromatic nitrogens is 2. The normalized spacial score (nSPS) is 18.1. The fourth-order valence-electron chi connectivity index (χ4n) is 2.15. The van der Waals surface area contributed by atoms with Gasteiger partial charge in [-0.1, -0.05) is 0 Å². The maximum absolute atomic E-state index is 6.10. The van der Waals surface area contributed by atoms with Crippen molar-refractivity contribution in [2.45, 2.75) is 44.8 Å². The molecule has 0 bridgehead atoms. The number of hydrogen-bond donors (Lipinski definition) is 1. The van der Waals surface area contributed by atoms with Gasteiger partial charge in [-0.2, -0.15) is 5.10 Å². The van der Waals surface area contributed by atoms with Crippen LogP contribution >= 0.6 is 0 Å². The van der Waals surface area contributed by atoms with E-state index in [2.05, 4.69) is 17.3 Å². The number of rotatable bonds is 6. The van der Waals surface area contributed by atoms with Crippen molar-refractivity contribution in [3.63, 3.8) is 0 Å². The van der Waals surface area contributed by atoms with Crippen LogP contribution in [0.15, 0.2) is 12.4 Å². The Morgan fingerprint density at radius 1 is 1.56 bits per heavy atom. The molecule has 1 fully saturated rings. The molecule has 0 saturated heterocycles. The van der Waals surface area contributed by atoms with Crippen molar-refractivity contribution in [3.05, 3.63) is 12.4 Å². The van der Waals surface area contributed by atoms with Gasteiger partial charge in [-0.05, 0) is 46.2 Å². The molecule has 0 spiro atoms. The minimum Gasteiger partial charge on any atom is -0.484 e. The SMILES string of the molecule is CCn1cc(OC2(CCNC)CCC2)cn1. The topological polar surface area (TPSA) is 39.1 Å². The first-order valence-electron chi connectivity index (χ1n) is 6.14. The lowest BCUT2D eigenvalue weighted by molar-refractivity contribution is -0.0139. The fraction of sp³-hybridized carbons (Fsp3) is 0.750. The Morgan fingerprint density at radius 2 is 2.38 bits per heavy atom. The second-order valence-electron chi connectivity index (χ2n) is 4.52. The van der Waals surface area contributed by atoms with Crippen molar-refractivity contribution in [1.82, 2.24) is 15.1 Å². The van der Waals surface area contributed by atoms with Crippen LogP contribution in [-0.2, 0) is 6.54 Å². The summed E-state index contributed by atoms with van der Waals surface area (Å²) in [5.41, 5.74) is 0.0740. The van der Waals surface area contributed by atoms with Crippen LogP contribution in [0.4, 0.5) is 0 Å².